The van der Waals surface area contributed by atoms with Crippen molar-refractivity contribution in [3.05, 3.63) is 42.1 Å². The minimum atomic E-state index is -0.240. The number of hydrogen-bond donors (Lipinski definition) is 0. The Labute approximate surface area is 142 Å². The minimum Gasteiger partial charge on any atom is -0.491 e. The molecule has 1 aliphatic heterocycles. The molecule has 1 aliphatic rings. The second kappa shape index (κ2) is 7.32. The van der Waals surface area contributed by atoms with E-state index in [9.17, 15) is 0 Å². The van der Waals surface area contributed by atoms with Crippen molar-refractivity contribution >= 4 is 0 Å². The van der Waals surface area contributed by atoms with Crippen LogP contribution in [0.15, 0.2) is 34.7 Å². The topological polar surface area (TPSA) is 60.6 Å². The molecule has 1 fully saturated rings. The van der Waals surface area contributed by atoms with Gasteiger partial charge in [-0.3, -0.25) is 4.90 Å². The van der Waals surface area contributed by atoms with Gasteiger partial charge < -0.3 is 13.9 Å². The van der Waals surface area contributed by atoms with Gasteiger partial charge in [0.25, 0.3) is 0 Å². The van der Waals surface area contributed by atoms with Gasteiger partial charge in [0.05, 0.1) is 12.1 Å². The van der Waals surface area contributed by atoms with E-state index in [0.29, 0.717) is 24.9 Å². The molecule has 6 nitrogen and oxygen atoms in total. The number of nitrogens with zero attached hydrogens (tertiary/aromatic N) is 3. The largest absolute Gasteiger partial charge is 0.491 e. The molecule has 130 valence electrons. The van der Waals surface area contributed by atoms with Gasteiger partial charge in [-0.15, -0.1) is 10.2 Å². The summed E-state index contributed by atoms with van der Waals surface area (Å²) in [6.07, 6.45) is 0.761. The van der Waals surface area contributed by atoms with Crippen LogP contribution in [-0.2, 0) is 17.7 Å². The van der Waals surface area contributed by atoms with Crippen LogP contribution >= 0.6 is 0 Å². The number of aromatic nitrogens is 2. The number of hydrogen-bond acceptors (Lipinski definition) is 6. The molecule has 0 aliphatic carbocycles. The van der Waals surface area contributed by atoms with Crippen molar-refractivity contribution in [2.24, 2.45) is 0 Å². The fraction of sp³-hybridized carbons (Fsp3) is 0.556. The average molecular weight is 331 g/mol. The predicted octanol–water partition coefficient (Wildman–Crippen LogP) is 2.69. The van der Waals surface area contributed by atoms with Gasteiger partial charge in [0.1, 0.15) is 18.5 Å². The third-order valence-corrected chi connectivity index (χ3v) is 3.90. The number of morpholine rings is 1. The number of rotatable bonds is 6. The summed E-state index contributed by atoms with van der Waals surface area (Å²) in [5.74, 6) is 2.20. The fourth-order valence-corrected chi connectivity index (χ4v) is 3.02. The summed E-state index contributed by atoms with van der Waals surface area (Å²) in [6.45, 7) is 8.96. The third-order valence-electron chi connectivity index (χ3n) is 3.90. The Hall–Kier alpha value is -1.92. The highest BCUT2D eigenvalue weighted by Gasteiger charge is 2.34. The molecule has 0 radical (unpaired) electrons. The molecule has 0 amide bonds. The lowest BCUT2D eigenvalue weighted by molar-refractivity contribution is -0.148. The Morgan fingerprint density at radius 3 is 2.67 bits per heavy atom. The van der Waals surface area contributed by atoms with Crippen molar-refractivity contribution in [3.63, 3.8) is 0 Å². The molecule has 1 unspecified atom stereocenters. The van der Waals surface area contributed by atoms with Crippen LogP contribution in [0.25, 0.3) is 0 Å². The molecule has 3 rings (SSSR count). The zero-order valence-electron chi connectivity index (χ0n) is 14.6. The summed E-state index contributed by atoms with van der Waals surface area (Å²) >= 11 is 0. The van der Waals surface area contributed by atoms with E-state index >= 15 is 0 Å². The van der Waals surface area contributed by atoms with E-state index in [1.165, 1.54) is 0 Å². The SMILES string of the molecule is CCc1nnc(CN2CC(COc3ccccc3)OC(C)(C)C2)o1. The van der Waals surface area contributed by atoms with Crippen LogP contribution < -0.4 is 4.74 Å². The minimum absolute atomic E-state index is 0.00234. The Bertz CT molecular complexity index is 642. The maximum Gasteiger partial charge on any atom is 0.230 e. The van der Waals surface area contributed by atoms with Crippen molar-refractivity contribution in [1.82, 2.24) is 15.1 Å². The van der Waals surface area contributed by atoms with Gasteiger partial charge in [-0.2, -0.15) is 0 Å². The van der Waals surface area contributed by atoms with E-state index in [1.807, 2.05) is 37.3 Å². The maximum absolute atomic E-state index is 6.16. The van der Waals surface area contributed by atoms with Gasteiger partial charge in [-0.25, -0.2) is 0 Å². The molecular weight excluding hydrogens is 306 g/mol. The molecule has 1 atom stereocenters. The molecule has 2 aromatic rings. The predicted molar refractivity (Wildman–Crippen MR) is 89.8 cm³/mol. The van der Waals surface area contributed by atoms with E-state index in [-0.39, 0.29) is 11.7 Å². The molecule has 1 aromatic carbocycles. The lowest BCUT2D eigenvalue weighted by Gasteiger charge is -2.42. The van der Waals surface area contributed by atoms with E-state index < -0.39 is 0 Å². The van der Waals surface area contributed by atoms with Gasteiger partial charge in [0.15, 0.2) is 0 Å². The van der Waals surface area contributed by atoms with Gasteiger partial charge >= 0.3 is 0 Å². The first-order valence-corrected chi connectivity index (χ1v) is 8.43. The second-order valence-corrected chi connectivity index (χ2v) is 6.74. The quantitative estimate of drug-likeness (QED) is 0.811. The Balaban J connectivity index is 1.59. The standard InChI is InChI=1S/C18H25N3O3/c1-4-16-19-20-17(23-16)11-21-10-15(24-18(2,3)13-21)12-22-14-8-6-5-7-9-14/h5-9,15H,4,10-13H2,1-3H3. The van der Waals surface area contributed by atoms with Crippen molar-refractivity contribution in [2.75, 3.05) is 19.7 Å². The van der Waals surface area contributed by atoms with Crippen molar-refractivity contribution in [2.45, 2.75) is 45.4 Å². The van der Waals surface area contributed by atoms with Crippen molar-refractivity contribution < 1.29 is 13.9 Å². The van der Waals surface area contributed by atoms with Crippen molar-refractivity contribution in [1.29, 1.82) is 0 Å². The average Bonchev–Trinajstić information content (AvgIpc) is 3.00. The van der Waals surface area contributed by atoms with Crippen molar-refractivity contribution in [3.8, 4) is 5.75 Å². The Morgan fingerprint density at radius 1 is 1.21 bits per heavy atom. The molecule has 0 N–H and O–H groups in total. The molecule has 1 saturated heterocycles. The molecule has 2 heterocycles. The summed E-state index contributed by atoms with van der Waals surface area (Å²) in [6, 6.07) is 9.82. The number of benzene rings is 1. The highest BCUT2D eigenvalue weighted by Crippen LogP contribution is 2.23. The number of aryl methyl sites for hydroxylation is 1. The van der Waals surface area contributed by atoms with Crippen LogP contribution in [0, 0.1) is 0 Å². The van der Waals surface area contributed by atoms with Gasteiger partial charge in [-0.05, 0) is 26.0 Å². The molecule has 0 saturated carbocycles. The summed E-state index contributed by atoms with van der Waals surface area (Å²) in [7, 11) is 0. The molecule has 24 heavy (non-hydrogen) atoms. The summed E-state index contributed by atoms with van der Waals surface area (Å²) in [4.78, 5) is 2.29. The highest BCUT2D eigenvalue weighted by atomic mass is 16.5. The van der Waals surface area contributed by atoms with Gasteiger partial charge in [-0.1, -0.05) is 25.1 Å². The maximum atomic E-state index is 6.16. The molecule has 0 spiro atoms. The normalized spacial score (nSPS) is 20.9. The van der Waals surface area contributed by atoms with Crippen LogP contribution in [0.1, 0.15) is 32.6 Å². The van der Waals surface area contributed by atoms with Crippen LogP contribution in [0.3, 0.4) is 0 Å². The number of ether oxygens (including phenoxy) is 2. The first-order chi connectivity index (χ1) is 11.5. The molecule has 1 aromatic heterocycles. The highest BCUT2D eigenvalue weighted by molar-refractivity contribution is 5.20. The molecular formula is C18H25N3O3. The first kappa shape index (κ1) is 16.9. The third kappa shape index (κ3) is 4.55. The van der Waals surface area contributed by atoms with E-state index in [1.54, 1.807) is 0 Å². The summed E-state index contributed by atoms with van der Waals surface area (Å²) in [5, 5.41) is 8.15. The lowest BCUT2D eigenvalue weighted by Crippen LogP contribution is -2.53. The van der Waals surface area contributed by atoms with E-state index in [2.05, 4.69) is 28.9 Å². The van der Waals surface area contributed by atoms with E-state index in [0.717, 1.165) is 25.3 Å². The van der Waals surface area contributed by atoms with Crippen LogP contribution in [0.4, 0.5) is 0 Å². The molecule has 6 heteroatoms. The zero-order chi connectivity index (χ0) is 17.0. The van der Waals surface area contributed by atoms with Gasteiger partial charge in [0, 0.05) is 19.5 Å². The molecule has 0 bridgehead atoms. The summed E-state index contributed by atoms with van der Waals surface area (Å²) < 4.78 is 17.6. The smallest absolute Gasteiger partial charge is 0.230 e. The Morgan fingerprint density at radius 2 is 1.96 bits per heavy atom. The van der Waals surface area contributed by atoms with Crippen LogP contribution in [0.2, 0.25) is 0 Å². The fourth-order valence-electron chi connectivity index (χ4n) is 3.02. The van der Waals surface area contributed by atoms with E-state index in [4.69, 9.17) is 13.9 Å². The second-order valence-electron chi connectivity index (χ2n) is 6.74. The van der Waals surface area contributed by atoms with Crippen LogP contribution in [-0.4, -0.2) is 46.5 Å². The Kier molecular flexibility index (Phi) is 5.16. The lowest BCUT2D eigenvalue weighted by atomic mass is 10.1. The van der Waals surface area contributed by atoms with Crippen LogP contribution in [0.5, 0.6) is 5.75 Å². The zero-order valence-corrected chi connectivity index (χ0v) is 14.6. The first-order valence-electron chi connectivity index (χ1n) is 8.43. The van der Waals surface area contributed by atoms with Gasteiger partial charge in [0.2, 0.25) is 11.8 Å². The summed E-state index contributed by atoms with van der Waals surface area (Å²) in [5.41, 5.74) is -0.240. The monoisotopic (exact) mass is 331 g/mol. The number of para-hydroxylation sites is 1.